The summed E-state index contributed by atoms with van der Waals surface area (Å²) >= 11 is 0. The van der Waals surface area contributed by atoms with Crippen LogP contribution in [0, 0.1) is 0 Å². The van der Waals surface area contributed by atoms with Gasteiger partial charge in [0.25, 0.3) is 11.8 Å². The molecule has 2 amide bonds. The Morgan fingerprint density at radius 1 is 1.00 bits per heavy atom. The van der Waals surface area contributed by atoms with Crippen molar-refractivity contribution in [3.8, 4) is 0 Å². The molecule has 0 atom stereocenters. The monoisotopic (exact) mass is 366 g/mol. The van der Waals surface area contributed by atoms with E-state index in [1.165, 1.54) is 18.0 Å². The molecule has 6 nitrogen and oxygen atoms in total. The van der Waals surface area contributed by atoms with Gasteiger partial charge < -0.3 is 15.1 Å². The molecule has 1 fully saturated rings. The molecule has 0 spiro atoms. The van der Waals surface area contributed by atoms with Crippen LogP contribution in [-0.4, -0.2) is 59.3 Å². The van der Waals surface area contributed by atoms with Gasteiger partial charge in [-0.15, -0.1) is 0 Å². The number of piperazine rings is 1. The second-order valence-electron chi connectivity index (χ2n) is 6.69. The van der Waals surface area contributed by atoms with Crippen LogP contribution in [0.3, 0.4) is 0 Å². The van der Waals surface area contributed by atoms with Crippen LogP contribution in [0.15, 0.2) is 42.7 Å². The zero-order valence-corrected chi connectivity index (χ0v) is 15.9. The lowest BCUT2D eigenvalue weighted by molar-refractivity contribution is 0.0643. The molecule has 1 N–H and O–H groups in total. The van der Waals surface area contributed by atoms with Crippen molar-refractivity contribution in [3.63, 3.8) is 0 Å². The zero-order chi connectivity index (χ0) is 19.2. The highest BCUT2D eigenvalue weighted by molar-refractivity contribution is 6.05. The Balaban J connectivity index is 1.67. The maximum absolute atomic E-state index is 12.7. The van der Waals surface area contributed by atoms with Gasteiger partial charge in [-0.2, -0.15) is 0 Å². The predicted octanol–water partition coefficient (Wildman–Crippen LogP) is 2.67. The molecule has 1 aliphatic rings. The van der Waals surface area contributed by atoms with E-state index in [4.69, 9.17) is 0 Å². The topological polar surface area (TPSA) is 65.5 Å². The predicted molar refractivity (Wildman–Crippen MR) is 106 cm³/mol. The summed E-state index contributed by atoms with van der Waals surface area (Å²) in [5, 5.41) is 2.86. The van der Waals surface area contributed by atoms with Crippen LogP contribution < -0.4 is 5.32 Å². The molecule has 2 heterocycles. The lowest BCUT2D eigenvalue weighted by Crippen LogP contribution is -2.48. The quantitative estimate of drug-likeness (QED) is 0.884. The van der Waals surface area contributed by atoms with Gasteiger partial charge in [0, 0.05) is 44.3 Å². The molecule has 0 aliphatic carbocycles. The van der Waals surface area contributed by atoms with Crippen molar-refractivity contribution < 1.29 is 9.59 Å². The van der Waals surface area contributed by atoms with Gasteiger partial charge in [-0.05, 0) is 36.7 Å². The first-order valence-corrected chi connectivity index (χ1v) is 9.47. The Kier molecular flexibility index (Phi) is 6.19. The van der Waals surface area contributed by atoms with Crippen molar-refractivity contribution in [1.82, 2.24) is 14.8 Å². The fraction of sp³-hybridized carbons (Fsp3) is 0.381. The smallest absolute Gasteiger partial charge is 0.257 e. The van der Waals surface area contributed by atoms with E-state index in [-0.39, 0.29) is 11.8 Å². The number of aromatic nitrogens is 1. The van der Waals surface area contributed by atoms with E-state index in [0.29, 0.717) is 24.2 Å². The summed E-state index contributed by atoms with van der Waals surface area (Å²) in [5.74, 6) is -0.336. The van der Waals surface area contributed by atoms with Crippen molar-refractivity contribution in [3.05, 3.63) is 59.4 Å². The number of carbonyl (C=O) groups excluding carboxylic acids is 2. The molecule has 1 aromatic carbocycles. The van der Waals surface area contributed by atoms with E-state index in [1.807, 2.05) is 29.2 Å². The Labute approximate surface area is 160 Å². The van der Waals surface area contributed by atoms with Crippen LogP contribution in [0.5, 0.6) is 0 Å². The molecule has 142 valence electrons. The largest absolute Gasteiger partial charge is 0.336 e. The fourth-order valence-electron chi connectivity index (χ4n) is 3.16. The third-order valence-electron chi connectivity index (χ3n) is 4.97. The lowest BCUT2D eigenvalue weighted by Gasteiger charge is -2.34. The van der Waals surface area contributed by atoms with Gasteiger partial charge in [-0.3, -0.25) is 14.6 Å². The Morgan fingerprint density at radius 2 is 1.67 bits per heavy atom. The minimum Gasteiger partial charge on any atom is -0.336 e. The zero-order valence-electron chi connectivity index (χ0n) is 15.9. The third-order valence-corrected chi connectivity index (χ3v) is 4.97. The highest BCUT2D eigenvalue weighted by atomic mass is 16.2. The van der Waals surface area contributed by atoms with Crippen molar-refractivity contribution in [2.45, 2.75) is 20.3 Å². The molecule has 27 heavy (non-hydrogen) atoms. The molecular weight excluding hydrogens is 340 g/mol. The molecule has 0 unspecified atom stereocenters. The second kappa shape index (κ2) is 8.77. The maximum Gasteiger partial charge on any atom is 0.257 e. The van der Waals surface area contributed by atoms with Gasteiger partial charge in [0.1, 0.15) is 0 Å². The average molecular weight is 366 g/mol. The molecular formula is C21H26N4O2. The standard InChI is InChI=1S/C21H26N4O2/c1-3-16-5-7-19(8-6-16)23-20(26)17-13-18(15-22-14-17)21(27)25-11-9-24(4-2)10-12-25/h5-8,13-15H,3-4,9-12H2,1-2H3,(H,23,26). The second-order valence-corrected chi connectivity index (χ2v) is 6.69. The van der Waals surface area contributed by atoms with E-state index >= 15 is 0 Å². The van der Waals surface area contributed by atoms with Gasteiger partial charge in [-0.25, -0.2) is 0 Å². The number of carbonyl (C=O) groups is 2. The summed E-state index contributed by atoms with van der Waals surface area (Å²) < 4.78 is 0. The number of aryl methyl sites for hydroxylation is 1. The van der Waals surface area contributed by atoms with E-state index in [9.17, 15) is 9.59 Å². The molecule has 6 heteroatoms. The summed E-state index contributed by atoms with van der Waals surface area (Å²) in [5.41, 5.74) is 2.77. The van der Waals surface area contributed by atoms with E-state index in [2.05, 4.69) is 29.0 Å². The van der Waals surface area contributed by atoms with Crippen LogP contribution >= 0.6 is 0 Å². The number of benzene rings is 1. The highest BCUT2D eigenvalue weighted by Gasteiger charge is 2.22. The Morgan fingerprint density at radius 3 is 2.30 bits per heavy atom. The van der Waals surface area contributed by atoms with Crippen molar-refractivity contribution in [2.75, 3.05) is 38.0 Å². The number of amides is 2. The average Bonchev–Trinajstić information content (AvgIpc) is 2.74. The first-order chi connectivity index (χ1) is 13.1. The third kappa shape index (κ3) is 4.71. The molecule has 0 bridgehead atoms. The van der Waals surface area contributed by atoms with Gasteiger partial charge >= 0.3 is 0 Å². The minimum absolute atomic E-state index is 0.0693. The van der Waals surface area contributed by atoms with Crippen molar-refractivity contribution >= 4 is 17.5 Å². The molecule has 1 aliphatic heterocycles. The summed E-state index contributed by atoms with van der Waals surface area (Å²) in [6, 6.07) is 9.36. The fourth-order valence-corrected chi connectivity index (χ4v) is 3.16. The first kappa shape index (κ1) is 19.0. The molecule has 0 saturated carbocycles. The minimum atomic E-state index is -0.266. The number of hydrogen-bond donors (Lipinski definition) is 1. The van der Waals surface area contributed by atoms with Gasteiger partial charge in [-0.1, -0.05) is 26.0 Å². The SMILES string of the molecule is CCc1ccc(NC(=O)c2cncc(C(=O)N3CCN(CC)CC3)c2)cc1. The molecule has 1 saturated heterocycles. The first-order valence-electron chi connectivity index (χ1n) is 9.47. The summed E-state index contributed by atoms with van der Waals surface area (Å²) in [7, 11) is 0. The number of anilines is 1. The number of pyridine rings is 1. The molecule has 0 radical (unpaired) electrons. The van der Waals surface area contributed by atoms with Gasteiger partial charge in [0.2, 0.25) is 0 Å². The van der Waals surface area contributed by atoms with Crippen LogP contribution in [0.4, 0.5) is 5.69 Å². The summed E-state index contributed by atoms with van der Waals surface area (Å²) in [6.45, 7) is 8.37. The molecule has 1 aromatic heterocycles. The number of likely N-dealkylation sites (N-methyl/N-ethyl adjacent to an activating group) is 1. The highest BCUT2D eigenvalue weighted by Crippen LogP contribution is 2.14. The number of hydrogen-bond acceptors (Lipinski definition) is 4. The summed E-state index contributed by atoms with van der Waals surface area (Å²) in [4.78, 5) is 33.5. The number of rotatable bonds is 5. The number of nitrogens with one attached hydrogen (secondary N) is 1. The molecule has 3 rings (SSSR count). The van der Waals surface area contributed by atoms with Crippen LogP contribution in [-0.2, 0) is 6.42 Å². The van der Waals surface area contributed by atoms with Gasteiger partial charge in [0.15, 0.2) is 0 Å². The maximum atomic E-state index is 12.7. The Bertz CT molecular complexity index is 796. The molecule has 2 aromatic rings. The number of nitrogens with zero attached hydrogens (tertiary/aromatic N) is 3. The van der Waals surface area contributed by atoms with Gasteiger partial charge in [0.05, 0.1) is 11.1 Å². The van der Waals surface area contributed by atoms with Crippen LogP contribution in [0.25, 0.3) is 0 Å². The Hall–Kier alpha value is -2.73. The summed E-state index contributed by atoms with van der Waals surface area (Å²) in [6.07, 6.45) is 3.97. The van der Waals surface area contributed by atoms with Crippen LogP contribution in [0.1, 0.15) is 40.1 Å². The van der Waals surface area contributed by atoms with E-state index < -0.39 is 0 Å². The lowest BCUT2D eigenvalue weighted by atomic mass is 10.1. The van der Waals surface area contributed by atoms with Crippen molar-refractivity contribution in [1.29, 1.82) is 0 Å². The van der Waals surface area contributed by atoms with Crippen LogP contribution in [0.2, 0.25) is 0 Å². The van der Waals surface area contributed by atoms with E-state index in [1.54, 1.807) is 6.07 Å². The van der Waals surface area contributed by atoms with Crippen molar-refractivity contribution in [2.24, 2.45) is 0 Å². The normalized spacial score (nSPS) is 14.8. The van der Waals surface area contributed by atoms with E-state index in [0.717, 1.165) is 31.7 Å².